The fraction of sp³-hybridized carbons (Fsp3) is 0.100. The van der Waals surface area contributed by atoms with Crippen LogP contribution in [0.25, 0.3) is 101 Å². The number of hydrogen-bond donors (Lipinski definition) is 0. The van der Waals surface area contributed by atoms with Gasteiger partial charge < -0.3 is 29.9 Å². The van der Waals surface area contributed by atoms with Gasteiger partial charge in [0.05, 0.1) is 17.1 Å². The minimum atomic E-state index is 0. The Kier molecular flexibility index (Phi) is 33.5. The van der Waals surface area contributed by atoms with Crippen LogP contribution in [0.5, 0.6) is 0 Å². The minimum absolute atomic E-state index is 0. The van der Waals surface area contributed by atoms with Gasteiger partial charge in [-0.2, -0.15) is 0 Å². The van der Waals surface area contributed by atoms with Crippen LogP contribution < -0.4 is 0 Å². The molecular weight excluding hydrogens is 1780 g/mol. The molecule has 6 aromatic carbocycles. The Hall–Kier alpha value is -10.4. The summed E-state index contributed by atoms with van der Waals surface area (Å²) < 4.78 is 0. The molecule has 15 rings (SSSR count). The number of aromatic nitrogens is 9. The van der Waals surface area contributed by atoms with Gasteiger partial charge in [0.2, 0.25) is 0 Å². The van der Waals surface area contributed by atoms with Crippen molar-refractivity contribution in [1.29, 1.82) is 0 Å². The smallest absolute Gasteiger partial charge is 0.0698 e. The van der Waals surface area contributed by atoms with Crippen LogP contribution in [0.2, 0.25) is 0 Å². The van der Waals surface area contributed by atoms with Crippen molar-refractivity contribution >= 4 is 0 Å². The average molecular weight is 1860 g/mol. The molecule has 0 aliphatic carbocycles. The van der Waals surface area contributed by atoms with E-state index in [0.717, 1.165) is 131 Å². The van der Waals surface area contributed by atoms with Crippen LogP contribution in [-0.2, 0) is 73.2 Å². The van der Waals surface area contributed by atoms with Gasteiger partial charge in [0.15, 0.2) is 0 Å². The summed E-state index contributed by atoms with van der Waals surface area (Å²) in [5.74, 6) is 1.03. The third-order valence-electron chi connectivity index (χ3n) is 15.0. The van der Waals surface area contributed by atoms with Crippen molar-refractivity contribution in [3.05, 3.63) is 382 Å². The molecule has 15 aromatic rings. The molecule has 0 amide bonds. The van der Waals surface area contributed by atoms with Crippen molar-refractivity contribution in [2.45, 2.75) is 53.4 Å². The largest absolute Gasteiger partial charge is 0.305 e. The molecule has 0 fully saturated rings. The summed E-state index contributed by atoms with van der Waals surface area (Å²) in [7, 11) is 0. The fourth-order valence-electron chi connectivity index (χ4n) is 10.0. The number of aryl methyl sites for hydroxylation is 1. The molecule has 12 heteroatoms. The first-order chi connectivity index (χ1) is 48.7. The number of hydrogen-bond acceptors (Lipinski definition) is 9. The Bertz CT molecular complexity index is 4490. The Balaban J connectivity index is 0.000000174. The van der Waals surface area contributed by atoms with Crippen LogP contribution >= 0.6 is 0 Å². The standard InChI is InChI=1S/C20H19N2.C19H17N2.C18H15N2.3C11H8N.3Ir/c1-15(2)13-18-9-6-10-19(22-18)17-11-12-21-20(14-17)16-7-4-3-5-8-16;1-14(2)17-9-6-10-18(21-17)16-11-12-20-19(13-16)15-7-4-3-5-8-15;1-2-16-9-6-10-17(20-16)15-11-12-19-18(13-15)14-7-4-3-5-8-14;3*1-2-6-10(7-3-1)11-8-4-5-9-12-11;;;/h3-7,9-12,14-15H,13H2,1-2H3;3-7,9-14H,1-2H3;3-7,9-13H,2H2,1H3;3*1-6,8-9H;;;/q6*-1;;;. The number of rotatable bonds is 13. The SMILES string of the molecule is CC(C)Cc1cccc(-c2ccnc(-c3[c-]cccc3)c2)n1.CC(C)c1cccc(-c2ccnc(-c3[c-]cccc3)c2)n1.CCc1cccc(-c2ccnc(-c3[c-]cccc3)c2)n1.[Ir].[Ir].[Ir].[c-]1ccccc1-c1ccccn1.[c-]1ccccc1-c1ccccn1.[c-]1ccccc1-c1ccccn1. The van der Waals surface area contributed by atoms with Crippen LogP contribution in [0.3, 0.4) is 0 Å². The summed E-state index contributed by atoms with van der Waals surface area (Å²) in [6.45, 7) is 10.9. The predicted molar refractivity (Wildman–Crippen MR) is 403 cm³/mol. The Morgan fingerprint density at radius 2 is 0.549 bits per heavy atom. The predicted octanol–water partition coefficient (Wildman–Crippen LogP) is 21.4. The van der Waals surface area contributed by atoms with Crippen molar-refractivity contribution in [2.75, 3.05) is 0 Å². The molecule has 102 heavy (non-hydrogen) atoms. The second kappa shape index (κ2) is 43.3. The molecule has 9 nitrogen and oxygen atoms in total. The maximum atomic E-state index is 4.78. The van der Waals surface area contributed by atoms with Crippen LogP contribution in [0.4, 0.5) is 0 Å². The Morgan fingerprint density at radius 1 is 0.265 bits per heavy atom. The van der Waals surface area contributed by atoms with Crippen molar-refractivity contribution in [1.82, 2.24) is 44.9 Å². The summed E-state index contributed by atoms with van der Waals surface area (Å²) in [5.41, 5.74) is 21.4. The van der Waals surface area contributed by atoms with Gasteiger partial charge in [-0.3, -0.25) is 15.0 Å². The van der Waals surface area contributed by atoms with Gasteiger partial charge in [-0.1, -0.05) is 107 Å². The van der Waals surface area contributed by atoms with Crippen LogP contribution in [0.1, 0.15) is 57.6 Å². The molecule has 0 unspecified atom stereocenters. The molecule has 9 heterocycles. The minimum Gasteiger partial charge on any atom is -0.305 e. The van der Waals surface area contributed by atoms with Crippen LogP contribution in [0, 0.1) is 42.3 Å². The van der Waals surface area contributed by atoms with Crippen molar-refractivity contribution < 1.29 is 60.3 Å². The number of benzene rings is 6. The second-order valence-electron chi connectivity index (χ2n) is 23.2. The molecule has 0 aliphatic rings. The van der Waals surface area contributed by atoms with Crippen LogP contribution in [0.15, 0.2) is 328 Å². The van der Waals surface area contributed by atoms with Gasteiger partial charge >= 0.3 is 0 Å². The third kappa shape index (κ3) is 25.0. The van der Waals surface area contributed by atoms with E-state index in [4.69, 9.17) is 9.97 Å². The molecular formula is C90H75Ir3N9-6. The first kappa shape index (κ1) is 78.9. The summed E-state index contributed by atoms with van der Waals surface area (Å²) in [5, 5.41) is 0. The van der Waals surface area contributed by atoms with Gasteiger partial charge in [-0.15, -0.1) is 215 Å². The Morgan fingerprint density at radius 3 is 0.843 bits per heavy atom. The van der Waals surface area contributed by atoms with E-state index in [2.05, 4.69) is 167 Å². The fourth-order valence-corrected chi connectivity index (χ4v) is 10.0. The topological polar surface area (TPSA) is 116 Å². The quantitative estimate of drug-likeness (QED) is 0.104. The van der Waals surface area contributed by atoms with Crippen molar-refractivity contribution in [3.63, 3.8) is 0 Å². The molecule has 0 spiro atoms. The zero-order valence-corrected chi connectivity index (χ0v) is 64.5. The van der Waals surface area contributed by atoms with E-state index in [9.17, 15) is 0 Å². The molecule has 3 radical (unpaired) electrons. The summed E-state index contributed by atoms with van der Waals surface area (Å²) in [6, 6.07) is 114. The van der Waals surface area contributed by atoms with E-state index < -0.39 is 0 Å². The zero-order chi connectivity index (χ0) is 68.5. The van der Waals surface area contributed by atoms with E-state index in [1.165, 1.54) is 0 Å². The van der Waals surface area contributed by atoms with E-state index >= 15 is 0 Å². The molecule has 9 aromatic heterocycles. The average Bonchev–Trinajstić information content (AvgIpc) is 0.840. The molecule has 0 bridgehead atoms. The molecule has 0 saturated carbocycles. The van der Waals surface area contributed by atoms with Crippen LogP contribution in [-0.4, -0.2) is 44.9 Å². The summed E-state index contributed by atoms with van der Waals surface area (Å²) in [6.07, 6.45) is 12.8. The second-order valence-corrected chi connectivity index (χ2v) is 23.2. The van der Waals surface area contributed by atoms with Gasteiger partial charge in [0, 0.05) is 115 Å². The molecule has 513 valence electrons. The normalized spacial score (nSPS) is 10.0. The van der Waals surface area contributed by atoms with E-state index in [1.807, 2.05) is 249 Å². The molecule has 0 aliphatic heterocycles. The Labute approximate surface area is 642 Å². The first-order valence-corrected chi connectivity index (χ1v) is 33.1. The monoisotopic (exact) mass is 1860 g/mol. The summed E-state index contributed by atoms with van der Waals surface area (Å²) >= 11 is 0. The molecule has 0 saturated heterocycles. The third-order valence-corrected chi connectivity index (χ3v) is 15.0. The van der Waals surface area contributed by atoms with Gasteiger partial charge in [-0.05, 0) is 148 Å². The maximum Gasteiger partial charge on any atom is 0.0698 e. The summed E-state index contributed by atoms with van der Waals surface area (Å²) in [4.78, 5) is 40.1. The molecule has 0 atom stereocenters. The zero-order valence-electron chi connectivity index (χ0n) is 57.3. The van der Waals surface area contributed by atoms with E-state index in [0.29, 0.717) is 11.8 Å². The number of pyridine rings is 9. The van der Waals surface area contributed by atoms with Gasteiger partial charge in [0.1, 0.15) is 0 Å². The van der Waals surface area contributed by atoms with E-state index in [1.54, 1.807) is 18.6 Å². The maximum absolute atomic E-state index is 4.78. The van der Waals surface area contributed by atoms with Gasteiger partial charge in [0.25, 0.3) is 0 Å². The van der Waals surface area contributed by atoms with E-state index in [-0.39, 0.29) is 60.3 Å². The van der Waals surface area contributed by atoms with Gasteiger partial charge in [-0.25, -0.2) is 0 Å². The van der Waals surface area contributed by atoms with Crippen molar-refractivity contribution in [3.8, 4) is 101 Å². The van der Waals surface area contributed by atoms with Crippen molar-refractivity contribution in [2.24, 2.45) is 5.92 Å². The first-order valence-electron chi connectivity index (χ1n) is 33.1. The molecule has 0 N–H and O–H groups in total. The number of nitrogens with zero attached hydrogens (tertiary/aromatic N) is 9.